The molecule has 4 aromatic rings. The molecule has 2 aromatic heterocycles. The highest BCUT2D eigenvalue weighted by Crippen LogP contribution is 2.22. The van der Waals surface area contributed by atoms with E-state index >= 15 is 0 Å². The number of carbonyl (C=O) groups excluding carboxylic acids is 1. The van der Waals surface area contributed by atoms with Gasteiger partial charge < -0.3 is 20.3 Å². The predicted molar refractivity (Wildman–Crippen MR) is 154 cm³/mol. The number of hydrogen-bond donors (Lipinski definition) is 2. The zero-order valence-corrected chi connectivity index (χ0v) is 22.9. The Labute approximate surface area is 229 Å². The molecule has 0 saturated carbocycles. The van der Waals surface area contributed by atoms with Gasteiger partial charge in [-0.1, -0.05) is 54.6 Å². The lowest BCUT2D eigenvalue weighted by atomic mass is 10.1. The molecule has 202 valence electrons. The molecule has 0 radical (unpaired) electrons. The highest BCUT2D eigenvalue weighted by molar-refractivity contribution is 5.67. The van der Waals surface area contributed by atoms with Gasteiger partial charge >= 0.3 is 6.09 Å². The molecule has 0 unspecified atom stereocenters. The maximum Gasteiger partial charge on any atom is 0.407 e. The summed E-state index contributed by atoms with van der Waals surface area (Å²) in [6.45, 7) is 6.75. The Kier molecular flexibility index (Phi) is 9.04. The van der Waals surface area contributed by atoms with Gasteiger partial charge in [-0.3, -0.25) is 0 Å². The number of nitrogens with zero attached hydrogens (tertiary/aromatic N) is 5. The summed E-state index contributed by atoms with van der Waals surface area (Å²) >= 11 is 0. The Morgan fingerprint density at radius 1 is 0.846 bits per heavy atom. The molecule has 9 heteroatoms. The molecule has 0 fully saturated rings. The summed E-state index contributed by atoms with van der Waals surface area (Å²) < 4.78 is 5.29. The highest BCUT2D eigenvalue weighted by Gasteiger charge is 2.15. The van der Waals surface area contributed by atoms with Gasteiger partial charge in [-0.25, -0.2) is 19.7 Å². The van der Waals surface area contributed by atoms with Crippen LogP contribution in [0.3, 0.4) is 0 Å². The van der Waals surface area contributed by atoms with Crippen molar-refractivity contribution in [3.63, 3.8) is 0 Å². The molecule has 39 heavy (non-hydrogen) atoms. The van der Waals surface area contributed by atoms with E-state index in [1.165, 1.54) is 5.56 Å². The lowest BCUT2D eigenvalue weighted by Crippen LogP contribution is -2.33. The molecule has 4 rings (SSSR count). The van der Waals surface area contributed by atoms with Crippen LogP contribution < -0.4 is 15.5 Å². The predicted octanol–water partition coefficient (Wildman–Crippen LogP) is 5.42. The van der Waals surface area contributed by atoms with Gasteiger partial charge in [0.25, 0.3) is 0 Å². The second-order valence-corrected chi connectivity index (χ2v) is 10.1. The monoisotopic (exact) mass is 525 g/mol. The normalized spacial score (nSPS) is 11.1. The van der Waals surface area contributed by atoms with Gasteiger partial charge in [-0.05, 0) is 56.9 Å². The van der Waals surface area contributed by atoms with E-state index in [0.717, 1.165) is 35.6 Å². The molecule has 0 atom stereocenters. The topological polar surface area (TPSA) is 105 Å². The van der Waals surface area contributed by atoms with E-state index in [0.29, 0.717) is 24.9 Å². The van der Waals surface area contributed by atoms with Gasteiger partial charge in [-0.15, -0.1) is 0 Å². The minimum atomic E-state index is -0.503. The number of ether oxygens (including phenoxy) is 1. The molecule has 0 spiro atoms. The molecule has 2 N–H and O–H groups in total. The van der Waals surface area contributed by atoms with Crippen LogP contribution in [0.1, 0.15) is 31.9 Å². The summed E-state index contributed by atoms with van der Waals surface area (Å²) in [5.41, 5.74) is 2.81. The van der Waals surface area contributed by atoms with Crippen molar-refractivity contribution in [1.82, 2.24) is 25.3 Å². The highest BCUT2D eigenvalue weighted by atomic mass is 16.6. The summed E-state index contributed by atoms with van der Waals surface area (Å²) in [4.78, 5) is 31.9. The Balaban J connectivity index is 1.30. The Morgan fingerprint density at radius 2 is 1.51 bits per heavy atom. The van der Waals surface area contributed by atoms with Crippen molar-refractivity contribution < 1.29 is 9.53 Å². The quantitative estimate of drug-likeness (QED) is 0.283. The summed E-state index contributed by atoms with van der Waals surface area (Å²) in [6, 6.07) is 21.9. The van der Waals surface area contributed by atoms with E-state index in [-0.39, 0.29) is 0 Å². The van der Waals surface area contributed by atoms with Gasteiger partial charge in [0.15, 0.2) is 5.82 Å². The van der Waals surface area contributed by atoms with Crippen LogP contribution in [0.2, 0.25) is 0 Å². The third-order valence-corrected chi connectivity index (χ3v) is 5.77. The zero-order chi connectivity index (χ0) is 27.7. The van der Waals surface area contributed by atoms with E-state index in [4.69, 9.17) is 9.72 Å². The number of rotatable bonds is 10. The largest absolute Gasteiger partial charge is 0.444 e. The van der Waals surface area contributed by atoms with Crippen molar-refractivity contribution >= 4 is 23.7 Å². The van der Waals surface area contributed by atoms with E-state index in [2.05, 4.69) is 43.8 Å². The SMILES string of the molecule is CN(c1ccnc(NCCc2cccc(CCNC(=O)OC(C)(C)C)c2)n1)c1ccnc(-c2ccccc2)n1. The Hall–Kier alpha value is -4.53. The maximum absolute atomic E-state index is 11.8. The number of amides is 1. The fourth-order valence-electron chi connectivity index (χ4n) is 3.88. The first-order valence-corrected chi connectivity index (χ1v) is 13.0. The number of nitrogens with one attached hydrogen (secondary N) is 2. The van der Waals surface area contributed by atoms with E-state index < -0.39 is 11.7 Å². The summed E-state index contributed by atoms with van der Waals surface area (Å²) in [5.74, 6) is 2.68. The van der Waals surface area contributed by atoms with Crippen LogP contribution in [-0.2, 0) is 17.6 Å². The first-order chi connectivity index (χ1) is 18.8. The number of alkyl carbamates (subject to hydrolysis) is 1. The molecular weight excluding hydrogens is 490 g/mol. The Morgan fingerprint density at radius 3 is 2.23 bits per heavy atom. The van der Waals surface area contributed by atoms with E-state index in [1.54, 1.807) is 12.4 Å². The average molecular weight is 526 g/mol. The van der Waals surface area contributed by atoms with Crippen LogP contribution in [0.25, 0.3) is 11.4 Å². The average Bonchev–Trinajstić information content (AvgIpc) is 2.93. The zero-order valence-electron chi connectivity index (χ0n) is 22.9. The van der Waals surface area contributed by atoms with Crippen LogP contribution in [0, 0.1) is 0 Å². The van der Waals surface area contributed by atoms with Crippen LogP contribution in [-0.4, -0.2) is 51.8 Å². The molecule has 0 aliphatic carbocycles. The second kappa shape index (κ2) is 12.8. The fourth-order valence-corrected chi connectivity index (χ4v) is 3.88. The van der Waals surface area contributed by atoms with Crippen molar-refractivity contribution in [2.75, 3.05) is 30.4 Å². The first-order valence-electron chi connectivity index (χ1n) is 13.0. The molecule has 0 bridgehead atoms. The number of hydrogen-bond acceptors (Lipinski definition) is 8. The molecule has 2 heterocycles. The molecule has 0 aliphatic heterocycles. The third kappa shape index (κ3) is 8.49. The fraction of sp³-hybridized carbons (Fsp3) is 0.300. The van der Waals surface area contributed by atoms with Gasteiger partial charge in [0, 0.05) is 38.1 Å². The summed E-state index contributed by atoms with van der Waals surface area (Å²) in [7, 11) is 1.92. The molecule has 2 aromatic carbocycles. The first kappa shape index (κ1) is 27.5. The number of aromatic nitrogens is 4. The smallest absolute Gasteiger partial charge is 0.407 e. The third-order valence-electron chi connectivity index (χ3n) is 5.77. The van der Waals surface area contributed by atoms with Crippen molar-refractivity contribution in [3.8, 4) is 11.4 Å². The van der Waals surface area contributed by atoms with Gasteiger partial charge in [0.2, 0.25) is 5.95 Å². The molecule has 9 nitrogen and oxygen atoms in total. The van der Waals surface area contributed by atoms with Gasteiger partial charge in [0.1, 0.15) is 17.2 Å². The van der Waals surface area contributed by atoms with Gasteiger partial charge in [-0.2, -0.15) is 4.98 Å². The van der Waals surface area contributed by atoms with Gasteiger partial charge in [0.05, 0.1) is 0 Å². The van der Waals surface area contributed by atoms with Crippen molar-refractivity contribution in [2.24, 2.45) is 0 Å². The number of benzene rings is 2. The van der Waals surface area contributed by atoms with Crippen LogP contribution in [0.15, 0.2) is 79.1 Å². The van der Waals surface area contributed by atoms with Crippen LogP contribution in [0.5, 0.6) is 0 Å². The molecule has 0 aliphatic rings. The van der Waals surface area contributed by atoms with Crippen molar-refractivity contribution in [3.05, 3.63) is 90.3 Å². The summed E-state index contributed by atoms with van der Waals surface area (Å²) in [5, 5.41) is 6.13. The lowest BCUT2D eigenvalue weighted by Gasteiger charge is -2.19. The van der Waals surface area contributed by atoms with Crippen molar-refractivity contribution in [2.45, 2.75) is 39.2 Å². The van der Waals surface area contributed by atoms with Crippen molar-refractivity contribution in [1.29, 1.82) is 0 Å². The standard InChI is InChI=1S/C30H35N7O2/c1-30(2,3)39-29(38)34-18-14-23-10-8-9-22(21-23)13-17-32-28-33-20-16-26(36-28)37(4)25-15-19-31-27(35-25)24-11-6-5-7-12-24/h5-12,15-16,19-21H,13-14,17-18H2,1-4H3,(H,34,38)(H,32,33,36). The lowest BCUT2D eigenvalue weighted by molar-refractivity contribution is 0.0528. The second-order valence-electron chi connectivity index (χ2n) is 10.1. The van der Waals surface area contributed by atoms with Crippen LogP contribution >= 0.6 is 0 Å². The van der Waals surface area contributed by atoms with E-state index in [9.17, 15) is 4.79 Å². The summed E-state index contributed by atoms with van der Waals surface area (Å²) in [6.07, 6.45) is 4.63. The maximum atomic E-state index is 11.8. The van der Waals surface area contributed by atoms with E-state index in [1.807, 2.05) is 81.2 Å². The number of carbonyl (C=O) groups is 1. The van der Waals surface area contributed by atoms with Crippen LogP contribution in [0.4, 0.5) is 22.4 Å². The number of anilines is 3. The molecule has 0 saturated heterocycles. The molecule has 1 amide bonds. The molecular formula is C30H35N7O2. The Bertz CT molecular complexity index is 1370. The minimum Gasteiger partial charge on any atom is -0.444 e. The minimum absolute atomic E-state index is 0.396.